The molecule has 142 valence electrons. The number of aryl methyl sites for hydroxylation is 1. The number of nitrogens with zero attached hydrogens (tertiary/aromatic N) is 5. The van der Waals surface area contributed by atoms with Crippen LogP contribution in [0.1, 0.15) is 11.3 Å². The zero-order valence-corrected chi connectivity index (χ0v) is 17.2. The largest absolute Gasteiger partial charge is 0.335 e. The van der Waals surface area contributed by atoms with Crippen molar-refractivity contribution < 1.29 is 0 Å². The Balaban J connectivity index is 1.58. The van der Waals surface area contributed by atoms with E-state index in [1.807, 2.05) is 55.5 Å². The van der Waals surface area contributed by atoms with Crippen molar-refractivity contribution in [3.05, 3.63) is 76.0 Å². The molecule has 0 spiro atoms. The molecule has 6 nitrogen and oxygen atoms in total. The maximum atomic E-state index is 6.59. The summed E-state index contributed by atoms with van der Waals surface area (Å²) in [6.07, 6.45) is 0. The lowest BCUT2D eigenvalue weighted by molar-refractivity contribution is 0.849. The lowest BCUT2D eigenvalue weighted by atomic mass is 10.2. The normalized spacial score (nSPS) is 11.1. The third-order valence-electron chi connectivity index (χ3n) is 4.25. The first-order valence-corrected chi connectivity index (χ1v) is 10.2. The van der Waals surface area contributed by atoms with Crippen molar-refractivity contribution in [1.29, 1.82) is 0 Å². The van der Waals surface area contributed by atoms with Gasteiger partial charge in [-0.25, -0.2) is 9.36 Å². The number of thioether (sulfide) groups is 1. The summed E-state index contributed by atoms with van der Waals surface area (Å²) in [5.41, 5.74) is 3.43. The summed E-state index contributed by atoms with van der Waals surface area (Å²) in [7, 11) is 0. The molecule has 0 saturated heterocycles. The summed E-state index contributed by atoms with van der Waals surface area (Å²) in [6, 6.07) is 17.2. The van der Waals surface area contributed by atoms with Crippen LogP contribution >= 0.6 is 35.0 Å². The second kappa shape index (κ2) is 7.87. The predicted octanol–water partition coefficient (Wildman–Crippen LogP) is 4.75. The van der Waals surface area contributed by atoms with Crippen LogP contribution in [-0.4, -0.2) is 24.7 Å². The number of para-hydroxylation sites is 1. The average molecular weight is 431 g/mol. The van der Waals surface area contributed by atoms with Gasteiger partial charge in [-0.2, -0.15) is 5.10 Å². The minimum absolute atomic E-state index is 0.510. The molecule has 0 unspecified atom stereocenters. The molecule has 0 radical (unpaired) electrons. The van der Waals surface area contributed by atoms with Crippen LogP contribution in [0.4, 0.5) is 0 Å². The van der Waals surface area contributed by atoms with Crippen molar-refractivity contribution in [3.8, 4) is 17.1 Å². The number of hydrogen-bond acceptors (Lipinski definition) is 5. The minimum atomic E-state index is 0.510. The van der Waals surface area contributed by atoms with Crippen molar-refractivity contribution in [3.63, 3.8) is 0 Å². The summed E-state index contributed by atoms with van der Waals surface area (Å²) in [5, 5.41) is 14.7. The highest BCUT2D eigenvalue weighted by Gasteiger charge is 2.18. The second-order valence-corrected chi connectivity index (χ2v) is 7.75. The molecule has 9 heteroatoms. The molecule has 0 aliphatic carbocycles. The SMILES string of the molecule is Cc1nn(-c2ccccc2)c(Cl)c1CSc1nnc(-c2ccccc2Cl)n1N. The molecule has 0 atom stereocenters. The molecule has 0 aliphatic heterocycles. The molecule has 2 aromatic heterocycles. The van der Waals surface area contributed by atoms with E-state index in [1.54, 1.807) is 10.7 Å². The summed E-state index contributed by atoms with van der Waals surface area (Å²) in [5.74, 6) is 7.27. The van der Waals surface area contributed by atoms with Gasteiger partial charge in [0.15, 0.2) is 5.82 Å². The molecule has 0 saturated carbocycles. The molecular formula is C19H16Cl2N6S. The van der Waals surface area contributed by atoms with Gasteiger partial charge in [0.25, 0.3) is 0 Å². The van der Waals surface area contributed by atoms with Crippen LogP contribution in [0.15, 0.2) is 59.8 Å². The van der Waals surface area contributed by atoms with Gasteiger partial charge in [0.1, 0.15) is 5.15 Å². The Morgan fingerprint density at radius 2 is 1.71 bits per heavy atom. The molecule has 2 N–H and O–H groups in total. The molecule has 0 aliphatic rings. The number of nitrogen functional groups attached to an aromatic ring is 1. The number of hydrogen-bond donors (Lipinski definition) is 1. The number of benzene rings is 2. The summed E-state index contributed by atoms with van der Waals surface area (Å²) in [6.45, 7) is 1.93. The predicted molar refractivity (Wildman–Crippen MR) is 113 cm³/mol. The highest BCUT2D eigenvalue weighted by atomic mass is 35.5. The summed E-state index contributed by atoms with van der Waals surface area (Å²) < 4.78 is 3.17. The quantitative estimate of drug-likeness (QED) is 0.365. The molecule has 0 amide bonds. The first-order valence-electron chi connectivity index (χ1n) is 8.44. The van der Waals surface area contributed by atoms with Crippen LogP contribution in [0.2, 0.25) is 10.2 Å². The third kappa shape index (κ3) is 3.48. The van der Waals surface area contributed by atoms with Crippen molar-refractivity contribution >= 4 is 35.0 Å². The van der Waals surface area contributed by atoms with Crippen LogP contribution in [0, 0.1) is 6.92 Å². The van der Waals surface area contributed by atoms with Crippen molar-refractivity contribution in [2.24, 2.45) is 0 Å². The molecule has 2 aromatic carbocycles. The molecule has 4 rings (SSSR count). The van der Waals surface area contributed by atoms with E-state index in [0.29, 0.717) is 26.9 Å². The van der Waals surface area contributed by atoms with Crippen LogP contribution in [0.5, 0.6) is 0 Å². The van der Waals surface area contributed by atoms with Crippen LogP contribution < -0.4 is 5.84 Å². The molecule has 2 heterocycles. The monoisotopic (exact) mass is 430 g/mol. The first kappa shape index (κ1) is 18.9. The fraction of sp³-hybridized carbons (Fsp3) is 0.105. The van der Waals surface area contributed by atoms with Gasteiger partial charge >= 0.3 is 0 Å². The van der Waals surface area contributed by atoms with E-state index in [2.05, 4.69) is 15.3 Å². The first-order chi connectivity index (χ1) is 13.6. The Hall–Kier alpha value is -2.48. The summed E-state index contributed by atoms with van der Waals surface area (Å²) >= 11 is 14.3. The number of nitrogens with two attached hydrogens (primary N) is 1. The zero-order valence-electron chi connectivity index (χ0n) is 14.9. The maximum absolute atomic E-state index is 6.59. The van der Waals surface area contributed by atoms with Gasteiger partial charge in [-0.3, -0.25) is 0 Å². The van der Waals surface area contributed by atoms with Gasteiger partial charge in [0.05, 0.1) is 16.4 Å². The Morgan fingerprint density at radius 1 is 1.00 bits per heavy atom. The molecule has 28 heavy (non-hydrogen) atoms. The summed E-state index contributed by atoms with van der Waals surface area (Å²) in [4.78, 5) is 0. The van der Waals surface area contributed by atoms with E-state index in [-0.39, 0.29) is 0 Å². The van der Waals surface area contributed by atoms with Gasteiger partial charge < -0.3 is 5.84 Å². The van der Waals surface area contributed by atoms with E-state index in [1.165, 1.54) is 16.4 Å². The standard InChI is InChI=1S/C19H16Cl2N6S/c1-12-15(17(21)27(25-12)13-7-3-2-4-8-13)11-28-19-24-23-18(26(19)22)14-9-5-6-10-16(14)20/h2-10H,11,22H2,1H3. The van der Waals surface area contributed by atoms with Gasteiger partial charge in [-0.1, -0.05) is 65.3 Å². The minimum Gasteiger partial charge on any atom is -0.335 e. The Bertz CT molecular complexity index is 1120. The van der Waals surface area contributed by atoms with E-state index in [9.17, 15) is 0 Å². The topological polar surface area (TPSA) is 74.5 Å². The van der Waals surface area contributed by atoms with Crippen LogP contribution in [-0.2, 0) is 5.75 Å². The highest BCUT2D eigenvalue weighted by Crippen LogP contribution is 2.32. The number of aromatic nitrogens is 5. The van der Waals surface area contributed by atoms with Crippen molar-refractivity contribution in [2.75, 3.05) is 5.84 Å². The van der Waals surface area contributed by atoms with Crippen molar-refractivity contribution in [2.45, 2.75) is 17.8 Å². The van der Waals surface area contributed by atoms with Crippen molar-refractivity contribution in [1.82, 2.24) is 24.7 Å². The fourth-order valence-corrected chi connectivity index (χ4v) is 4.36. The number of rotatable bonds is 5. The Labute approximate surface area is 176 Å². The molecule has 0 bridgehead atoms. The zero-order chi connectivity index (χ0) is 19.7. The lowest BCUT2D eigenvalue weighted by Gasteiger charge is -2.05. The van der Waals surface area contributed by atoms with E-state index >= 15 is 0 Å². The maximum Gasteiger partial charge on any atom is 0.210 e. The smallest absolute Gasteiger partial charge is 0.210 e. The lowest BCUT2D eigenvalue weighted by Crippen LogP contribution is -2.11. The van der Waals surface area contributed by atoms with E-state index in [4.69, 9.17) is 29.0 Å². The van der Waals surface area contributed by atoms with Gasteiger partial charge in [-0.15, -0.1) is 10.2 Å². The van der Waals surface area contributed by atoms with Gasteiger partial charge in [0.2, 0.25) is 5.16 Å². The van der Waals surface area contributed by atoms with Crippen LogP contribution in [0.25, 0.3) is 17.1 Å². The average Bonchev–Trinajstić information content (AvgIpc) is 3.21. The van der Waals surface area contributed by atoms with Crippen LogP contribution in [0.3, 0.4) is 0 Å². The molecule has 4 aromatic rings. The molecule has 0 fully saturated rings. The van der Waals surface area contributed by atoms with E-state index < -0.39 is 0 Å². The second-order valence-electron chi connectivity index (χ2n) is 6.05. The third-order valence-corrected chi connectivity index (χ3v) is 5.93. The van der Waals surface area contributed by atoms with Gasteiger partial charge in [0, 0.05) is 16.9 Å². The Morgan fingerprint density at radius 3 is 2.46 bits per heavy atom. The van der Waals surface area contributed by atoms with Gasteiger partial charge in [-0.05, 0) is 31.2 Å². The highest BCUT2D eigenvalue weighted by molar-refractivity contribution is 7.98. The Kier molecular flexibility index (Phi) is 5.30. The number of halogens is 2. The molecular weight excluding hydrogens is 415 g/mol. The van der Waals surface area contributed by atoms with E-state index in [0.717, 1.165) is 22.5 Å². The fourth-order valence-electron chi connectivity index (χ4n) is 2.77.